The molecule has 1 fully saturated rings. The summed E-state index contributed by atoms with van der Waals surface area (Å²) in [5, 5.41) is 12.1. The van der Waals surface area contributed by atoms with Crippen molar-refractivity contribution < 1.29 is 14.4 Å². The Morgan fingerprint density at radius 1 is 1.69 bits per heavy atom. The Balaban J connectivity index is 2.14. The molecule has 0 spiro atoms. The number of aliphatic carboxylic acids is 1. The molecule has 2 rings (SSSR count). The van der Waals surface area contributed by atoms with E-state index in [9.17, 15) is 4.79 Å². The molecule has 1 aliphatic rings. The number of carboxylic acid groups (broad SMARTS) is 1. The summed E-state index contributed by atoms with van der Waals surface area (Å²) in [7, 11) is 0. The topological polar surface area (TPSA) is 76.2 Å². The molecule has 13 heavy (non-hydrogen) atoms. The number of aromatic nitrogens is 2. The summed E-state index contributed by atoms with van der Waals surface area (Å²) in [6.45, 7) is 2.03. The molecule has 1 aromatic rings. The van der Waals surface area contributed by atoms with E-state index in [2.05, 4.69) is 10.1 Å². The zero-order valence-electron chi connectivity index (χ0n) is 7.28. The lowest BCUT2D eigenvalue weighted by atomic mass is 10.1. The summed E-state index contributed by atoms with van der Waals surface area (Å²) in [5.74, 6) is -0.104. The molecule has 70 valence electrons. The Labute approximate surface area is 74.8 Å². The number of hydrogen-bond acceptors (Lipinski definition) is 4. The molecule has 0 radical (unpaired) electrons. The van der Waals surface area contributed by atoms with Crippen molar-refractivity contribution >= 4 is 5.97 Å². The summed E-state index contributed by atoms with van der Waals surface area (Å²) < 4.78 is 4.97. The van der Waals surface area contributed by atoms with E-state index in [1.54, 1.807) is 0 Å². The molecule has 0 atom stereocenters. The maximum Gasteiger partial charge on any atom is 0.311 e. The highest BCUT2D eigenvalue weighted by Gasteiger charge is 2.44. The van der Waals surface area contributed by atoms with Gasteiger partial charge in [-0.3, -0.25) is 4.79 Å². The van der Waals surface area contributed by atoms with E-state index >= 15 is 0 Å². The molecule has 1 saturated carbocycles. The van der Waals surface area contributed by atoms with Crippen molar-refractivity contribution in [1.82, 2.24) is 10.1 Å². The average molecular weight is 182 g/mol. The van der Waals surface area contributed by atoms with Crippen LogP contribution >= 0.6 is 0 Å². The summed E-state index contributed by atoms with van der Waals surface area (Å²) in [6, 6.07) is 0. The lowest BCUT2D eigenvalue weighted by Crippen LogP contribution is -2.03. The van der Waals surface area contributed by atoms with E-state index in [4.69, 9.17) is 9.63 Å². The van der Waals surface area contributed by atoms with Gasteiger partial charge >= 0.3 is 5.97 Å². The SMILES string of the molecule is CC1(c2nc(CC(=O)O)no2)CC1. The van der Waals surface area contributed by atoms with Gasteiger partial charge in [0.15, 0.2) is 5.82 Å². The Kier molecular flexibility index (Phi) is 1.61. The average Bonchev–Trinajstić information content (AvgIpc) is 2.62. The number of carboxylic acids is 1. The molecule has 1 heterocycles. The minimum atomic E-state index is -0.937. The molecule has 5 heteroatoms. The van der Waals surface area contributed by atoms with Gasteiger partial charge in [-0.2, -0.15) is 4.98 Å². The van der Waals surface area contributed by atoms with Crippen molar-refractivity contribution in [3.63, 3.8) is 0 Å². The van der Waals surface area contributed by atoms with E-state index in [0.717, 1.165) is 12.8 Å². The molecule has 1 N–H and O–H groups in total. The number of hydrogen-bond donors (Lipinski definition) is 1. The number of nitrogens with zero attached hydrogens (tertiary/aromatic N) is 2. The van der Waals surface area contributed by atoms with Crippen molar-refractivity contribution in [3.8, 4) is 0 Å². The predicted molar refractivity (Wildman–Crippen MR) is 42.2 cm³/mol. The van der Waals surface area contributed by atoms with Crippen LogP contribution in [0, 0.1) is 0 Å². The predicted octanol–water partition coefficient (Wildman–Crippen LogP) is 0.748. The van der Waals surface area contributed by atoms with Crippen molar-refractivity contribution in [2.45, 2.75) is 31.6 Å². The van der Waals surface area contributed by atoms with Gasteiger partial charge in [-0.05, 0) is 12.8 Å². The van der Waals surface area contributed by atoms with Crippen molar-refractivity contribution in [1.29, 1.82) is 0 Å². The van der Waals surface area contributed by atoms with Gasteiger partial charge in [-0.15, -0.1) is 0 Å². The maximum absolute atomic E-state index is 10.3. The van der Waals surface area contributed by atoms with E-state index in [1.807, 2.05) is 6.92 Å². The van der Waals surface area contributed by atoms with E-state index < -0.39 is 5.97 Å². The maximum atomic E-state index is 10.3. The lowest BCUT2D eigenvalue weighted by molar-refractivity contribution is -0.136. The zero-order valence-corrected chi connectivity index (χ0v) is 7.28. The van der Waals surface area contributed by atoms with Gasteiger partial charge < -0.3 is 9.63 Å². The first-order valence-electron chi connectivity index (χ1n) is 4.15. The molecule has 0 amide bonds. The molecule has 0 unspecified atom stereocenters. The molecule has 1 aromatic heterocycles. The highest BCUT2D eigenvalue weighted by atomic mass is 16.5. The van der Waals surface area contributed by atoms with Crippen LogP contribution in [-0.4, -0.2) is 21.2 Å². The van der Waals surface area contributed by atoms with E-state index in [-0.39, 0.29) is 17.7 Å². The molecule has 0 bridgehead atoms. The first-order valence-corrected chi connectivity index (χ1v) is 4.15. The molecule has 0 aromatic carbocycles. The summed E-state index contributed by atoms with van der Waals surface area (Å²) in [4.78, 5) is 14.3. The first-order chi connectivity index (χ1) is 6.10. The molecule has 1 aliphatic carbocycles. The smallest absolute Gasteiger partial charge is 0.311 e. The van der Waals surface area contributed by atoms with Gasteiger partial charge in [0.1, 0.15) is 6.42 Å². The molecule has 0 saturated heterocycles. The second-order valence-corrected chi connectivity index (χ2v) is 3.65. The summed E-state index contributed by atoms with van der Waals surface area (Å²) in [6.07, 6.45) is 1.92. The lowest BCUT2D eigenvalue weighted by Gasteiger charge is -1.96. The first kappa shape index (κ1) is 8.22. The van der Waals surface area contributed by atoms with Crippen LogP contribution in [0.25, 0.3) is 0 Å². The van der Waals surface area contributed by atoms with Gasteiger partial charge in [-0.25, -0.2) is 0 Å². The second-order valence-electron chi connectivity index (χ2n) is 3.65. The van der Waals surface area contributed by atoms with E-state index in [0.29, 0.717) is 5.89 Å². The third-order valence-corrected chi connectivity index (χ3v) is 2.29. The monoisotopic (exact) mass is 182 g/mol. The molecular weight excluding hydrogens is 172 g/mol. The van der Waals surface area contributed by atoms with Crippen LogP contribution in [0.15, 0.2) is 4.52 Å². The van der Waals surface area contributed by atoms with Crippen LogP contribution in [0.3, 0.4) is 0 Å². The van der Waals surface area contributed by atoms with Gasteiger partial charge in [0.2, 0.25) is 5.89 Å². The van der Waals surface area contributed by atoms with Crippen LogP contribution in [0.1, 0.15) is 31.5 Å². The standard InChI is InChI=1S/C8H10N2O3/c1-8(2-3-8)7-9-5(10-13-7)4-6(11)12/h2-4H2,1H3,(H,11,12). The molecular formula is C8H10N2O3. The third kappa shape index (κ3) is 1.54. The third-order valence-electron chi connectivity index (χ3n) is 2.29. The van der Waals surface area contributed by atoms with Gasteiger partial charge in [0, 0.05) is 5.41 Å². The minimum absolute atomic E-state index is 0.0176. The Bertz CT molecular complexity index is 341. The summed E-state index contributed by atoms with van der Waals surface area (Å²) in [5.41, 5.74) is 0.0176. The van der Waals surface area contributed by atoms with Crippen LogP contribution in [-0.2, 0) is 16.6 Å². The van der Waals surface area contributed by atoms with Gasteiger partial charge in [0.25, 0.3) is 0 Å². The van der Waals surface area contributed by atoms with Crippen molar-refractivity contribution in [3.05, 3.63) is 11.7 Å². The van der Waals surface area contributed by atoms with Crippen molar-refractivity contribution in [2.24, 2.45) is 0 Å². The summed E-state index contributed by atoms with van der Waals surface area (Å²) >= 11 is 0. The van der Waals surface area contributed by atoms with Crippen LogP contribution < -0.4 is 0 Å². The quantitative estimate of drug-likeness (QED) is 0.746. The zero-order chi connectivity index (χ0) is 9.47. The van der Waals surface area contributed by atoms with Crippen LogP contribution in [0.5, 0.6) is 0 Å². The van der Waals surface area contributed by atoms with Crippen LogP contribution in [0.4, 0.5) is 0 Å². The van der Waals surface area contributed by atoms with Crippen molar-refractivity contribution in [2.75, 3.05) is 0 Å². The van der Waals surface area contributed by atoms with Gasteiger partial charge in [-0.1, -0.05) is 12.1 Å². The molecule has 5 nitrogen and oxygen atoms in total. The largest absolute Gasteiger partial charge is 0.481 e. The minimum Gasteiger partial charge on any atom is -0.481 e. The fourth-order valence-electron chi connectivity index (χ4n) is 1.11. The second kappa shape index (κ2) is 2.55. The fraction of sp³-hybridized carbons (Fsp3) is 0.625. The normalized spacial score (nSPS) is 18.5. The highest BCUT2D eigenvalue weighted by molar-refractivity contribution is 5.68. The van der Waals surface area contributed by atoms with Crippen LogP contribution in [0.2, 0.25) is 0 Å². The number of carbonyl (C=O) groups is 1. The Hall–Kier alpha value is -1.39. The highest BCUT2D eigenvalue weighted by Crippen LogP contribution is 2.46. The Morgan fingerprint density at radius 3 is 2.92 bits per heavy atom. The van der Waals surface area contributed by atoms with E-state index in [1.165, 1.54) is 0 Å². The Morgan fingerprint density at radius 2 is 2.38 bits per heavy atom. The molecule has 0 aliphatic heterocycles. The van der Waals surface area contributed by atoms with Gasteiger partial charge in [0.05, 0.1) is 0 Å². The fourth-order valence-corrected chi connectivity index (χ4v) is 1.11. The number of rotatable bonds is 3.